The van der Waals surface area contributed by atoms with Gasteiger partial charge in [0.05, 0.1) is 23.3 Å². The van der Waals surface area contributed by atoms with Crippen molar-refractivity contribution in [3.63, 3.8) is 0 Å². The highest BCUT2D eigenvalue weighted by Gasteiger charge is 2.20. The number of ether oxygens (including phenoxy) is 2. The molecule has 0 spiro atoms. The van der Waals surface area contributed by atoms with Gasteiger partial charge >= 0.3 is 11.9 Å². The maximum Gasteiger partial charge on any atom is 0.344 e. The summed E-state index contributed by atoms with van der Waals surface area (Å²) in [6.07, 6.45) is 1.66. The maximum absolute atomic E-state index is 12.5. The quantitative estimate of drug-likeness (QED) is 0.329. The monoisotopic (exact) mass is 340 g/mol. The van der Waals surface area contributed by atoms with E-state index in [1.165, 1.54) is 25.1 Å². The first-order chi connectivity index (χ1) is 12.0. The Labute approximate surface area is 146 Å². The molecule has 5 nitrogen and oxygen atoms in total. The third-order valence-electron chi connectivity index (χ3n) is 3.57. The molecule has 2 aromatic carbocycles. The number of hydrogen-bond acceptors (Lipinski definition) is 5. The smallest absolute Gasteiger partial charge is 0.344 e. The first-order valence-corrected chi connectivity index (χ1v) is 8.13. The highest BCUT2D eigenvalue weighted by Crippen LogP contribution is 2.21. The highest BCUT2D eigenvalue weighted by atomic mass is 16.5. The molecule has 0 aliphatic carbocycles. The SMILES string of the molecule is CCCCOC(=O)c1ccccc1C(=O)Oc1ccccc1C(C)=O. The molecular weight excluding hydrogens is 320 g/mol. The van der Waals surface area contributed by atoms with Crippen LogP contribution in [0.15, 0.2) is 48.5 Å². The van der Waals surface area contributed by atoms with E-state index in [4.69, 9.17) is 9.47 Å². The van der Waals surface area contributed by atoms with E-state index in [2.05, 4.69) is 0 Å². The van der Waals surface area contributed by atoms with Crippen LogP contribution in [0.3, 0.4) is 0 Å². The Morgan fingerprint density at radius 2 is 1.40 bits per heavy atom. The lowest BCUT2D eigenvalue weighted by atomic mass is 10.1. The van der Waals surface area contributed by atoms with Crippen LogP contribution in [-0.2, 0) is 4.74 Å². The van der Waals surface area contributed by atoms with Crippen molar-refractivity contribution in [1.29, 1.82) is 0 Å². The van der Waals surface area contributed by atoms with Crippen molar-refractivity contribution in [1.82, 2.24) is 0 Å². The summed E-state index contributed by atoms with van der Waals surface area (Å²) >= 11 is 0. The van der Waals surface area contributed by atoms with Crippen LogP contribution >= 0.6 is 0 Å². The summed E-state index contributed by atoms with van der Waals surface area (Å²) in [6, 6.07) is 12.8. The molecule has 0 unspecified atom stereocenters. The molecular formula is C20H20O5. The summed E-state index contributed by atoms with van der Waals surface area (Å²) in [5, 5.41) is 0. The van der Waals surface area contributed by atoms with Crippen molar-refractivity contribution >= 4 is 17.7 Å². The molecule has 0 heterocycles. The molecule has 2 rings (SSSR count). The third kappa shape index (κ3) is 4.76. The minimum absolute atomic E-state index is 0.0994. The molecule has 0 bridgehead atoms. The van der Waals surface area contributed by atoms with Crippen LogP contribution in [0.4, 0.5) is 0 Å². The average molecular weight is 340 g/mol. The second kappa shape index (κ2) is 8.78. The van der Waals surface area contributed by atoms with Crippen molar-refractivity contribution in [2.75, 3.05) is 6.61 Å². The second-order valence-electron chi connectivity index (χ2n) is 5.48. The van der Waals surface area contributed by atoms with Gasteiger partial charge in [0.15, 0.2) is 5.78 Å². The van der Waals surface area contributed by atoms with Crippen LogP contribution in [0.5, 0.6) is 5.75 Å². The van der Waals surface area contributed by atoms with Crippen molar-refractivity contribution in [3.8, 4) is 5.75 Å². The zero-order valence-electron chi connectivity index (χ0n) is 14.3. The average Bonchev–Trinajstić information content (AvgIpc) is 2.62. The second-order valence-corrected chi connectivity index (χ2v) is 5.48. The summed E-state index contributed by atoms with van der Waals surface area (Å²) in [6.45, 7) is 3.68. The Hall–Kier alpha value is -2.95. The number of ketones is 1. The summed E-state index contributed by atoms with van der Waals surface area (Å²) in [4.78, 5) is 36.3. The molecule has 0 amide bonds. The van der Waals surface area contributed by atoms with Crippen LogP contribution < -0.4 is 4.74 Å². The Morgan fingerprint density at radius 3 is 2.00 bits per heavy atom. The van der Waals surface area contributed by atoms with Gasteiger partial charge in [0.1, 0.15) is 5.75 Å². The third-order valence-corrected chi connectivity index (χ3v) is 3.57. The number of carbonyl (C=O) groups excluding carboxylic acids is 3. The van der Waals surface area contributed by atoms with Crippen LogP contribution in [0, 0.1) is 0 Å². The van der Waals surface area contributed by atoms with E-state index in [9.17, 15) is 14.4 Å². The largest absolute Gasteiger partial charge is 0.462 e. The van der Waals surface area contributed by atoms with Crippen molar-refractivity contribution in [2.45, 2.75) is 26.7 Å². The molecule has 0 aliphatic rings. The molecule has 25 heavy (non-hydrogen) atoms. The Kier molecular flexibility index (Phi) is 6.46. The molecule has 2 aromatic rings. The van der Waals surface area contributed by atoms with E-state index in [0.29, 0.717) is 12.2 Å². The molecule has 130 valence electrons. The molecule has 0 aliphatic heterocycles. The molecule has 0 fully saturated rings. The highest BCUT2D eigenvalue weighted by molar-refractivity contribution is 6.04. The van der Waals surface area contributed by atoms with Crippen molar-refractivity contribution < 1.29 is 23.9 Å². The van der Waals surface area contributed by atoms with Crippen molar-refractivity contribution in [3.05, 3.63) is 65.2 Å². The Balaban J connectivity index is 2.23. The molecule has 5 heteroatoms. The van der Waals surface area contributed by atoms with Gasteiger partial charge in [-0.2, -0.15) is 0 Å². The fourth-order valence-electron chi connectivity index (χ4n) is 2.23. The van der Waals surface area contributed by atoms with E-state index >= 15 is 0 Å². The van der Waals surface area contributed by atoms with E-state index in [-0.39, 0.29) is 22.7 Å². The number of benzene rings is 2. The fourth-order valence-corrected chi connectivity index (χ4v) is 2.23. The summed E-state index contributed by atoms with van der Waals surface area (Å²) in [5.41, 5.74) is 0.546. The summed E-state index contributed by atoms with van der Waals surface area (Å²) < 4.78 is 10.5. The molecule has 0 saturated carbocycles. The van der Waals surface area contributed by atoms with Crippen LogP contribution in [0.2, 0.25) is 0 Å². The topological polar surface area (TPSA) is 69.7 Å². The van der Waals surface area contributed by atoms with Gasteiger partial charge in [0.25, 0.3) is 0 Å². The number of hydrogen-bond donors (Lipinski definition) is 0. The number of carbonyl (C=O) groups is 3. The van der Waals surface area contributed by atoms with E-state index in [0.717, 1.165) is 12.8 Å². The van der Waals surface area contributed by atoms with Crippen LogP contribution in [0.25, 0.3) is 0 Å². The number of rotatable bonds is 7. The molecule has 0 N–H and O–H groups in total. The van der Waals surface area contributed by atoms with Gasteiger partial charge in [-0.05, 0) is 37.6 Å². The van der Waals surface area contributed by atoms with Gasteiger partial charge in [0.2, 0.25) is 0 Å². The predicted molar refractivity (Wildman–Crippen MR) is 93.0 cm³/mol. The van der Waals surface area contributed by atoms with E-state index in [1.807, 2.05) is 6.92 Å². The first kappa shape index (κ1) is 18.4. The zero-order chi connectivity index (χ0) is 18.2. The van der Waals surface area contributed by atoms with E-state index in [1.54, 1.807) is 30.3 Å². The lowest BCUT2D eigenvalue weighted by Gasteiger charge is -2.11. The van der Waals surface area contributed by atoms with Crippen molar-refractivity contribution in [2.24, 2.45) is 0 Å². The summed E-state index contributed by atoms with van der Waals surface area (Å²) in [7, 11) is 0. The number of esters is 2. The van der Waals surface area contributed by atoms with Gasteiger partial charge in [-0.25, -0.2) is 9.59 Å². The van der Waals surface area contributed by atoms with Gasteiger partial charge < -0.3 is 9.47 Å². The normalized spacial score (nSPS) is 10.2. The first-order valence-electron chi connectivity index (χ1n) is 8.13. The van der Waals surface area contributed by atoms with E-state index < -0.39 is 11.9 Å². The van der Waals surface area contributed by atoms with Gasteiger partial charge in [-0.15, -0.1) is 0 Å². The Bertz CT molecular complexity index is 779. The lowest BCUT2D eigenvalue weighted by Crippen LogP contribution is -2.17. The van der Waals surface area contributed by atoms with Gasteiger partial charge in [-0.3, -0.25) is 4.79 Å². The predicted octanol–water partition coefficient (Wildman–Crippen LogP) is 4.07. The number of para-hydroxylation sites is 1. The fraction of sp³-hybridized carbons (Fsp3) is 0.250. The minimum atomic E-state index is -0.711. The summed E-state index contributed by atoms with van der Waals surface area (Å²) in [5.74, 6) is -1.33. The van der Waals surface area contributed by atoms with Crippen LogP contribution in [-0.4, -0.2) is 24.3 Å². The molecule has 0 radical (unpaired) electrons. The zero-order valence-corrected chi connectivity index (χ0v) is 14.3. The van der Waals surface area contributed by atoms with Gasteiger partial charge in [-0.1, -0.05) is 37.6 Å². The molecule has 0 saturated heterocycles. The van der Waals surface area contributed by atoms with Gasteiger partial charge in [0, 0.05) is 0 Å². The Morgan fingerprint density at radius 1 is 0.840 bits per heavy atom. The minimum Gasteiger partial charge on any atom is -0.462 e. The number of Topliss-reactive ketones (excluding diaryl/α,β-unsaturated/α-hetero) is 1. The molecule has 0 atom stereocenters. The van der Waals surface area contributed by atoms with Crippen LogP contribution in [0.1, 0.15) is 57.8 Å². The lowest BCUT2D eigenvalue weighted by molar-refractivity contribution is 0.0491. The maximum atomic E-state index is 12.5. The standard InChI is InChI=1S/C20H20O5/c1-3-4-13-24-19(22)16-10-5-6-11-17(16)20(23)25-18-12-8-7-9-15(18)14(2)21/h5-12H,3-4,13H2,1-2H3. The molecule has 0 aromatic heterocycles. The number of unbranched alkanes of at least 4 members (excludes halogenated alkanes) is 1.